The number of hydrogen-bond donors (Lipinski definition) is 2. The van der Waals surface area contributed by atoms with Gasteiger partial charge in [-0.15, -0.1) is 0 Å². The SMILES string of the molecule is COc1ccc(C2(NC(=O)NCCc3ccc(Cl)cc3)CC2)cc1. The second-order valence-corrected chi connectivity index (χ2v) is 6.50. The lowest BCUT2D eigenvalue weighted by Crippen LogP contribution is -2.42. The lowest BCUT2D eigenvalue weighted by molar-refractivity contribution is 0.236. The number of amides is 2. The number of ether oxygens (including phenoxy) is 1. The lowest BCUT2D eigenvalue weighted by Gasteiger charge is -2.19. The summed E-state index contributed by atoms with van der Waals surface area (Å²) < 4.78 is 5.18. The molecular formula is C19H21ClN2O2. The molecule has 2 N–H and O–H groups in total. The zero-order valence-corrected chi connectivity index (χ0v) is 14.4. The first kappa shape index (κ1) is 16.7. The molecule has 0 heterocycles. The summed E-state index contributed by atoms with van der Waals surface area (Å²) in [6, 6.07) is 15.4. The molecule has 1 aliphatic rings. The molecule has 0 aliphatic heterocycles. The molecule has 0 bridgehead atoms. The van der Waals surface area contributed by atoms with Gasteiger partial charge in [-0.05, 0) is 54.7 Å². The Bertz CT molecular complexity index is 694. The van der Waals surface area contributed by atoms with Crippen LogP contribution in [0.4, 0.5) is 4.79 Å². The van der Waals surface area contributed by atoms with Crippen molar-refractivity contribution in [3.8, 4) is 5.75 Å². The molecule has 2 aromatic carbocycles. The van der Waals surface area contributed by atoms with E-state index < -0.39 is 0 Å². The molecule has 5 heteroatoms. The van der Waals surface area contributed by atoms with Gasteiger partial charge in [0.2, 0.25) is 0 Å². The maximum Gasteiger partial charge on any atom is 0.315 e. The lowest BCUT2D eigenvalue weighted by atomic mass is 10.1. The number of halogens is 1. The van der Waals surface area contributed by atoms with Crippen LogP contribution in [0.15, 0.2) is 48.5 Å². The van der Waals surface area contributed by atoms with Crippen molar-refractivity contribution in [2.24, 2.45) is 0 Å². The van der Waals surface area contributed by atoms with Gasteiger partial charge in [0.15, 0.2) is 0 Å². The summed E-state index contributed by atoms with van der Waals surface area (Å²) >= 11 is 5.87. The number of carbonyl (C=O) groups is 1. The Hall–Kier alpha value is -2.20. The fourth-order valence-electron chi connectivity index (χ4n) is 2.75. The number of hydrogen-bond acceptors (Lipinski definition) is 2. The molecule has 0 atom stereocenters. The van der Waals surface area contributed by atoms with Crippen molar-refractivity contribution in [2.75, 3.05) is 13.7 Å². The van der Waals surface area contributed by atoms with Crippen LogP contribution >= 0.6 is 11.6 Å². The average molecular weight is 345 g/mol. The molecule has 0 radical (unpaired) electrons. The topological polar surface area (TPSA) is 50.4 Å². The number of carbonyl (C=O) groups excluding carboxylic acids is 1. The Morgan fingerprint density at radius 3 is 2.38 bits per heavy atom. The maximum absolute atomic E-state index is 12.2. The minimum Gasteiger partial charge on any atom is -0.497 e. The summed E-state index contributed by atoms with van der Waals surface area (Å²) in [6.45, 7) is 0.589. The quantitative estimate of drug-likeness (QED) is 0.835. The van der Waals surface area contributed by atoms with E-state index in [-0.39, 0.29) is 11.6 Å². The Morgan fingerprint density at radius 2 is 1.79 bits per heavy atom. The Morgan fingerprint density at radius 1 is 1.12 bits per heavy atom. The monoisotopic (exact) mass is 344 g/mol. The van der Waals surface area contributed by atoms with Gasteiger partial charge in [-0.25, -0.2) is 4.79 Å². The standard InChI is InChI=1S/C19H21ClN2O2/c1-24-17-8-4-15(5-9-17)19(11-12-19)22-18(23)21-13-10-14-2-6-16(20)7-3-14/h2-9H,10-13H2,1H3,(H2,21,22,23). The Labute approximate surface area is 147 Å². The third-order valence-corrected chi connectivity index (χ3v) is 4.61. The second kappa shape index (κ2) is 7.14. The molecule has 1 fully saturated rings. The Balaban J connectivity index is 1.49. The van der Waals surface area contributed by atoms with E-state index in [2.05, 4.69) is 10.6 Å². The second-order valence-electron chi connectivity index (χ2n) is 6.07. The fourth-order valence-corrected chi connectivity index (χ4v) is 2.88. The van der Waals surface area contributed by atoms with Crippen molar-refractivity contribution in [3.63, 3.8) is 0 Å². The predicted octanol–water partition coefficient (Wildman–Crippen LogP) is 3.88. The third kappa shape index (κ3) is 4.01. The maximum atomic E-state index is 12.2. The van der Waals surface area contributed by atoms with E-state index in [1.807, 2.05) is 48.5 Å². The average Bonchev–Trinajstić information content (AvgIpc) is 3.37. The largest absolute Gasteiger partial charge is 0.497 e. The van der Waals surface area contributed by atoms with Gasteiger partial charge in [0.1, 0.15) is 5.75 Å². The molecule has 1 aliphatic carbocycles. The van der Waals surface area contributed by atoms with Gasteiger partial charge in [-0.2, -0.15) is 0 Å². The van der Waals surface area contributed by atoms with Crippen LogP contribution in [0.5, 0.6) is 5.75 Å². The zero-order valence-electron chi connectivity index (χ0n) is 13.6. The van der Waals surface area contributed by atoms with Gasteiger partial charge in [-0.1, -0.05) is 35.9 Å². The summed E-state index contributed by atoms with van der Waals surface area (Å²) in [7, 11) is 1.65. The van der Waals surface area contributed by atoms with Crippen LogP contribution in [0.1, 0.15) is 24.0 Å². The first-order chi connectivity index (χ1) is 11.6. The highest BCUT2D eigenvalue weighted by molar-refractivity contribution is 6.30. The Kier molecular flexibility index (Phi) is 4.95. The number of benzene rings is 2. The van der Waals surface area contributed by atoms with Crippen molar-refractivity contribution in [1.82, 2.24) is 10.6 Å². The van der Waals surface area contributed by atoms with Gasteiger partial charge in [-0.3, -0.25) is 0 Å². The minimum absolute atomic E-state index is 0.128. The van der Waals surface area contributed by atoms with E-state index in [9.17, 15) is 4.79 Å². The van der Waals surface area contributed by atoms with Gasteiger partial charge in [0.05, 0.1) is 12.6 Å². The molecule has 1 saturated carbocycles. The molecule has 0 spiro atoms. The van der Waals surface area contributed by atoms with Crippen LogP contribution in [0.3, 0.4) is 0 Å². The molecule has 0 aromatic heterocycles. The first-order valence-electron chi connectivity index (χ1n) is 8.06. The summed E-state index contributed by atoms with van der Waals surface area (Å²) in [6.07, 6.45) is 2.70. The summed E-state index contributed by atoms with van der Waals surface area (Å²) in [5.41, 5.74) is 2.04. The minimum atomic E-state index is -0.226. The van der Waals surface area contributed by atoms with Crippen LogP contribution in [0.25, 0.3) is 0 Å². The van der Waals surface area contributed by atoms with Crippen molar-refractivity contribution in [1.29, 1.82) is 0 Å². The summed E-state index contributed by atoms with van der Waals surface area (Å²) in [5, 5.41) is 6.75. The third-order valence-electron chi connectivity index (χ3n) is 4.36. The highest BCUT2D eigenvalue weighted by Gasteiger charge is 2.45. The van der Waals surface area contributed by atoms with Gasteiger partial charge in [0.25, 0.3) is 0 Å². The highest BCUT2D eigenvalue weighted by atomic mass is 35.5. The summed E-state index contributed by atoms with van der Waals surface area (Å²) in [4.78, 5) is 12.2. The van der Waals surface area contributed by atoms with Gasteiger partial charge >= 0.3 is 6.03 Å². The van der Waals surface area contributed by atoms with Crippen molar-refractivity contribution in [2.45, 2.75) is 24.8 Å². The van der Waals surface area contributed by atoms with E-state index in [1.165, 1.54) is 0 Å². The molecule has 0 saturated heterocycles. The zero-order chi connectivity index (χ0) is 17.0. The molecule has 2 aromatic rings. The smallest absolute Gasteiger partial charge is 0.315 e. The van der Waals surface area contributed by atoms with E-state index >= 15 is 0 Å². The predicted molar refractivity (Wildman–Crippen MR) is 95.6 cm³/mol. The highest BCUT2D eigenvalue weighted by Crippen LogP contribution is 2.45. The van der Waals surface area contributed by atoms with Crippen LogP contribution < -0.4 is 15.4 Å². The van der Waals surface area contributed by atoms with Crippen LogP contribution in [-0.4, -0.2) is 19.7 Å². The molecule has 0 unspecified atom stereocenters. The van der Waals surface area contributed by atoms with E-state index in [0.29, 0.717) is 6.54 Å². The molecular weight excluding hydrogens is 324 g/mol. The van der Waals surface area contributed by atoms with Crippen molar-refractivity contribution in [3.05, 3.63) is 64.7 Å². The van der Waals surface area contributed by atoms with Crippen LogP contribution in [0.2, 0.25) is 5.02 Å². The molecule has 4 nitrogen and oxygen atoms in total. The van der Waals surface area contributed by atoms with Crippen molar-refractivity contribution < 1.29 is 9.53 Å². The van der Waals surface area contributed by atoms with Crippen LogP contribution in [-0.2, 0) is 12.0 Å². The number of rotatable bonds is 6. The molecule has 3 rings (SSSR count). The van der Waals surface area contributed by atoms with E-state index in [0.717, 1.165) is 41.2 Å². The van der Waals surface area contributed by atoms with Gasteiger partial charge < -0.3 is 15.4 Å². The molecule has 24 heavy (non-hydrogen) atoms. The fraction of sp³-hybridized carbons (Fsp3) is 0.316. The molecule has 126 valence electrons. The van der Waals surface area contributed by atoms with Gasteiger partial charge in [0, 0.05) is 11.6 Å². The van der Waals surface area contributed by atoms with Crippen LogP contribution in [0, 0.1) is 0 Å². The molecule has 2 amide bonds. The van der Waals surface area contributed by atoms with Crippen molar-refractivity contribution >= 4 is 17.6 Å². The van der Waals surface area contributed by atoms with E-state index in [4.69, 9.17) is 16.3 Å². The number of urea groups is 1. The summed E-state index contributed by atoms with van der Waals surface area (Å²) in [5.74, 6) is 0.821. The number of nitrogens with one attached hydrogen (secondary N) is 2. The first-order valence-corrected chi connectivity index (χ1v) is 8.44. The number of methoxy groups -OCH3 is 1. The normalized spacial score (nSPS) is 14.8. The van der Waals surface area contributed by atoms with E-state index in [1.54, 1.807) is 7.11 Å².